The van der Waals surface area contributed by atoms with Crippen LogP contribution < -0.4 is 16.4 Å². The summed E-state index contributed by atoms with van der Waals surface area (Å²) in [5, 5.41) is 4.92. The first-order chi connectivity index (χ1) is 20.0. The summed E-state index contributed by atoms with van der Waals surface area (Å²) in [5.74, 6) is -1.37. The first-order valence-corrected chi connectivity index (χ1v) is 15.4. The Morgan fingerprint density at radius 2 is 1.71 bits per heavy atom. The van der Waals surface area contributed by atoms with Gasteiger partial charge in [-0.1, -0.05) is 37.3 Å². The van der Waals surface area contributed by atoms with Gasteiger partial charge in [-0.3, -0.25) is 14.9 Å². The number of ether oxygens (including phenoxy) is 1. The maximum Gasteiger partial charge on any atom is 0.410 e. The Balaban J connectivity index is 1.56. The molecule has 1 aliphatic rings. The normalized spacial score (nSPS) is 12.9. The van der Waals surface area contributed by atoms with Gasteiger partial charge < -0.3 is 20.7 Å². The zero-order chi connectivity index (χ0) is 30.4. The Kier molecular flexibility index (Phi) is 9.60. The van der Waals surface area contributed by atoms with Crippen molar-refractivity contribution in [2.24, 2.45) is 5.73 Å². The summed E-state index contributed by atoms with van der Waals surface area (Å²) in [4.78, 5) is 51.9. The van der Waals surface area contributed by atoms with Gasteiger partial charge in [-0.05, 0) is 48.7 Å². The zero-order valence-corrected chi connectivity index (χ0v) is 24.7. The molecule has 3 aromatic rings. The lowest BCUT2D eigenvalue weighted by atomic mass is 10.0. The minimum Gasteiger partial charge on any atom is -0.450 e. The van der Waals surface area contributed by atoms with E-state index in [0.717, 1.165) is 16.9 Å². The molecule has 0 aliphatic carbocycles. The third-order valence-electron chi connectivity index (χ3n) is 6.58. The molecule has 0 atom stereocenters. The molecule has 42 heavy (non-hydrogen) atoms. The van der Waals surface area contributed by atoms with Crippen LogP contribution in [-0.4, -0.2) is 61.3 Å². The number of nitrogens with one attached hydrogen (secondary N) is 2. The van der Waals surface area contributed by atoms with Crippen molar-refractivity contribution in [3.8, 4) is 0 Å². The van der Waals surface area contributed by atoms with E-state index in [0.29, 0.717) is 16.9 Å². The minimum atomic E-state index is -3.83. The second-order valence-corrected chi connectivity index (χ2v) is 12.3. The highest BCUT2D eigenvalue weighted by atomic mass is 32.2. The molecule has 0 bridgehead atoms. The van der Waals surface area contributed by atoms with Crippen molar-refractivity contribution in [1.29, 1.82) is 0 Å². The second kappa shape index (κ2) is 13.1. The number of rotatable bonds is 9. The van der Waals surface area contributed by atoms with Gasteiger partial charge in [0.15, 0.2) is 0 Å². The molecule has 4 rings (SSSR count). The molecule has 12 nitrogen and oxygen atoms in total. The van der Waals surface area contributed by atoms with Crippen LogP contribution in [0.1, 0.15) is 50.6 Å². The number of fused-ring (bicyclic) bond motifs is 1. The van der Waals surface area contributed by atoms with Crippen LogP contribution in [0.5, 0.6) is 0 Å². The Morgan fingerprint density at radius 1 is 1.02 bits per heavy atom. The van der Waals surface area contributed by atoms with Crippen LogP contribution in [0.4, 0.5) is 14.6 Å². The number of urea groups is 1. The summed E-state index contributed by atoms with van der Waals surface area (Å²) >= 11 is 1.10. The highest BCUT2D eigenvalue weighted by molar-refractivity contribution is 7.89. The average molecular weight is 614 g/mol. The van der Waals surface area contributed by atoms with E-state index in [1.54, 1.807) is 13.8 Å². The van der Waals surface area contributed by atoms with Crippen LogP contribution in [0.25, 0.3) is 0 Å². The molecule has 0 unspecified atom stereocenters. The smallest absolute Gasteiger partial charge is 0.410 e. The third-order valence-corrected chi connectivity index (χ3v) is 9.65. The van der Waals surface area contributed by atoms with Gasteiger partial charge in [0.2, 0.25) is 10.0 Å². The zero-order valence-electron chi connectivity index (χ0n) is 23.1. The largest absolute Gasteiger partial charge is 0.450 e. The number of sulfonamides is 1. The van der Waals surface area contributed by atoms with Crippen LogP contribution in [0.2, 0.25) is 0 Å². The molecule has 2 heterocycles. The molecule has 0 saturated carbocycles. The number of nitrogens with zero attached hydrogens (tertiary/aromatic N) is 2. The Morgan fingerprint density at radius 3 is 2.33 bits per heavy atom. The Bertz CT molecular complexity index is 1590. The first kappa shape index (κ1) is 30.7. The number of primary amides is 1. The van der Waals surface area contributed by atoms with Crippen LogP contribution in [0.15, 0.2) is 59.5 Å². The summed E-state index contributed by atoms with van der Waals surface area (Å²) in [7, 11) is -3.83. The SMILES string of the molecule is CCOC(=O)N1CCc2c(sc(NC(=O)c3ccc(S(=O)(=O)N(CC)Cc4ccccc4)cc3)c2C(=O)NC(N)=O)C1. The van der Waals surface area contributed by atoms with E-state index in [2.05, 4.69) is 5.32 Å². The van der Waals surface area contributed by atoms with E-state index < -0.39 is 34.0 Å². The van der Waals surface area contributed by atoms with E-state index in [4.69, 9.17) is 10.5 Å². The van der Waals surface area contributed by atoms with Gasteiger partial charge >= 0.3 is 12.1 Å². The average Bonchev–Trinajstić information content (AvgIpc) is 3.33. The number of benzene rings is 2. The Hall–Kier alpha value is -4.27. The molecule has 2 aromatic carbocycles. The van der Waals surface area contributed by atoms with Gasteiger partial charge in [0.1, 0.15) is 5.00 Å². The third kappa shape index (κ3) is 6.78. The van der Waals surface area contributed by atoms with Crippen molar-refractivity contribution in [3.05, 3.63) is 81.7 Å². The van der Waals surface area contributed by atoms with Gasteiger partial charge in [0, 0.05) is 30.1 Å². The summed E-state index contributed by atoms with van der Waals surface area (Å²) in [6.45, 7) is 4.56. The molecule has 1 aromatic heterocycles. The number of carbonyl (C=O) groups is 4. The van der Waals surface area contributed by atoms with Gasteiger partial charge in [-0.2, -0.15) is 4.31 Å². The number of anilines is 1. The quantitative estimate of drug-likeness (QED) is 0.332. The van der Waals surface area contributed by atoms with E-state index in [1.165, 1.54) is 33.5 Å². The van der Waals surface area contributed by atoms with Gasteiger partial charge in [0.05, 0.1) is 23.6 Å². The fourth-order valence-corrected chi connectivity index (χ4v) is 7.23. The lowest BCUT2D eigenvalue weighted by molar-refractivity contribution is 0.0965. The number of amides is 5. The van der Waals surface area contributed by atoms with Crippen LogP contribution in [0, 0.1) is 0 Å². The van der Waals surface area contributed by atoms with E-state index in [-0.39, 0.29) is 53.8 Å². The highest BCUT2D eigenvalue weighted by Gasteiger charge is 2.31. The molecule has 1 aliphatic heterocycles. The predicted molar refractivity (Wildman–Crippen MR) is 157 cm³/mol. The topological polar surface area (TPSA) is 168 Å². The molecular formula is C28H31N5O7S2. The summed E-state index contributed by atoms with van der Waals surface area (Å²) < 4.78 is 33.0. The molecular weight excluding hydrogens is 582 g/mol. The lowest BCUT2D eigenvalue weighted by Gasteiger charge is -2.26. The van der Waals surface area contributed by atoms with Crippen LogP contribution in [-0.2, 0) is 34.3 Å². The maximum atomic E-state index is 13.3. The molecule has 0 spiro atoms. The molecule has 222 valence electrons. The molecule has 5 amide bonds. The second-order valence-electron chi connectivity index (χ2n) is 9.29. The number of imide groups is 1. The highest BCUT2D eigenvalue weighted by Crippen LogP contribution is 2.37. The minimum absolute atomic E-state index is 0.0315. The number of nitrogens with two attached hydrogens (primary N) is 1. The summed E-state index contributed by atoms with van der Waals surface area (Å²) in [6.07, 6.45) is -0.198. The number of carbonyl (C=O) groups excluding carboxylic acids is 4. The van der Waals surface area contributed by atoms with Crippen LogP contribution in [0.3, 0.4) is 0 Å². The summed E-state index contributed by atoms with van der Waals surface area (Å²) in [5.41, 5.74) is 6.84. The van der Waals surface area contributed by atoms with Gasteiger partial charge in [0.25, 0.3) is 11.8 Å². The molecule has 0 saturated heterocycles. The van der Waals surface area contributed by atoms with E-state index in [9.17, 15) is 27.6 Å². The Labute approximate surface area is 247 Å². The van der Waals surface area contributed by atoms with Crippen LogP contribution >= 0.6 is 11.3 Å². The number of hydrogen-bond donors (Lipinski definition) is 3. The number of thiophene rings is 1. The summed E-state index contributed by atoms with van der Waals surface area (Å²) in [6, 6.07) is 13.7. The van der Waals surface area contributed by atoms with Crippen molar-refractivity contribution >= 4 is 50.3 Å². The van der Waals surface area contributed by atoms with Crippen molar-refractivity contribution in [1.82, 2.24) is 14.5 Å². The van der Waals surface area contributed by atoms with Gasteiger partial charge in [-0.15, -0.1) is 11.3 Å². The fraction of sp³-hybridized carbons (Fsp3) is 0.286. The van der Waals surface area contributed by atoms with Gasteiger partial charge in [-0.25, -0.2) is 18.0 Å². The fourth-order valence-electron chi connectivity index (χ4n) is 4.53. The van der Waals surface area contributed by atoms with E-state index in [1.807, 2.05) is 35.6 Å². The van der Waals surface area contributed by atoms with Crippen molar-refractivity contribution < 1.29 is 32.3 Å². The molecule has 4 N–H and O–H groups in total. The molecule has 0 radical (unpaired) electrons. The van der Waals surface area contributed by atoms with Crippen molar-refractivity contribution in [3.63, 3.8) is 0 Å². The number of hydrogen-bond acceptors (Lipinski definition) is 8. The van der Waals surface area contributed by atoms with Crippen molar-refractivity contribution in [2.45, 2.75) is 38.3 Å². The lowest BCUT2D eigenvalue weighted by Crippen LogP contribution is -2.38. The predicted octanol–water partition coefficient (Wildman–Crippen LogP) is 3.53. The maximum absolute atomic E-state index is 13.3. The standard InChI is InChI=1S/C28H31N5O7S2/c1-3-33(16-18-8-6-5-7-9-18)42(38,39)20-12-10-19(11-13-20)24(34)30-26-23(25(35)31-27(29)36)21-14-15-32(17-22(21)41-26)28(37)40-4-2/h5-13H,3-4,14-17H2,1-2H3,(H,30,34)(H3,29,31,35,36). The molecule has 0 fully saturated rings. The van der Waals surface area contributed by atoms with Crippen molar-refractivity contribution in [2.75, 3.05) is 25.0 Å². The first-order valence-electron chi connectivity index (χ1n) is 13.2. The molecule has 14 heteroatoms. The monoisotopic (exact) mass is 613 g/mol. The van der Waals surface area contributed by atoms with E-state index >= 15 is 0 Å².